The molecule has 2 aromatic rings. The third-order valence-corrected chi connectivity index (χ3v) is 4.80. The maximum absolute atomic E-state index is 13.8. The Morgan fingerprint density at radius 2 is 1.93 bits per heavy atom. The van der Waals surface area contributed by atoms with Crippen LogP contribution in [0.4, 0.5) is 13.2 Å². The van der Waals surface area contributed by atoms with E-state index in [1.165, 1.54) is 0 Å². The molecule has 0 radical (unpaired) electrons. The molecule has 1 aliphatic heterocycles. The van der Waals surface area contributed by atoms with Gasteiger partial charge in [-0.1, -0.05) is 6.92 Å². The second-order valence-electron chi connectivity index (χ2n) is 6.68. The van der Waals surface area contributed by atoms with E-state index in [0.29, 0.717) is 25.5 Å². The van der Waals surface area contributed by atoms with Crippen molar-refractivity contribution in [3.8, 4) is 0 Å². The summed E-state index contributed by atoms with van der Waals surface area (Å²) in [7, 11) is 0. The van der Waals surface area contributed by atoms with Crippen molar-refractivity contribution in [2.45, 2.75) is 44.7 Å². The largest absolute Gasteiger partial charge is 0.334 e. The van der Waals surface area contributed by atoms with Crippen molar-refractivity contribution in [2.24, 2.45) is 5.73 Å². The molecule has 1 amide bonds. The van der Waals surface area contributed by atoms with Gasteiger partial charge in [-0.2, -0.15) is 0 Å². The van der Waals surface area contributed by atoms with Crippen molar-refractivity contribution in [1.29, 1.82) is 0 Å². The number of carbonyl (C=O) groups excluding carboxylic acids is 1. The molecular weight excluding hydrogens is 357 g/mol. The van der Waals surface area contributed by atoms with Crippen LogP contribution in [0.1, 0.15) is 42.8 Å². The quantitative estimate of drug-likeness (QED) is 0.812. The molecule has 1 aliphatic rings. The van der Waals surface area contributed by atoms with Crippen LogP contribution in [0.25, 0.3) is 0 Å². The van der Waals surface area contributed by atoms with Gasteiger partial charge in [0.05, 0.1) is 17.4 Å². The molecule has 0 fully saturated rings. The Hall–Kier alpha value is -2.48. The Morgan fingerprint density at radius 3 is 2.67 bits per heavy atom. The van der Waals surface area contributed by atoms with Crippen molar-refractivity contribution in [1.82, 2.24) is 14.9 Å². The van der Waals surface area contributed by atoms with E-state index in [2.05, 4.69) is 9.97 Å². The van der Waals surface area contributed by atoms with Crippen LogP contribution >= 0.6 is 0 Å². The zero-order valence-corrected chi connectivity index (χ0v) is 15.0. The maximum Gasteiger partial charge on any atom is 0.224 e. The normalized spacial score (nSPS) is 17.5. The number of rotatable bonds is 5. The Labute approximate surface area is 155 Å². The zero-order valence-electron chi connectivity index (χ0n) is 15.0. The summed E-state index contributed by atoms with van der Waals surface area (Å²) < 4.78 is 40.2. The first-order valence-electron chi connectivity index (χ1n) is 8.89. The fourth-order valence-electron chi connectivity index (χ4n) is 3.51. The van der Waals surface area contributed by atoms with Gasteiger partial charge in [-0.05, 0) is 24.5 Å². The van der Waals surface area contributed by atoms with Gasteiger partial charge in [-0.3, -0.25) is 14.8 Å². The molecule has 2 heterocycles. The van der Waals surface area contributed by atoms with Crippen LogP contribution < -0.4 is 5.73 Å². The summed E-state index contributed by atoms with van der Waals surface area (Å²) in [5, 5.41) is 0. The molecule has 144 valence electrons. The summed E-state index contributed by atoms with van der Waals surface area (Å²) in [4.78, 5) is 23.2. The van der Waals surface area contributed by atoms with Crippen LogP contribution in [0.3, 0.4) is 0 Å². The summed E-state index contributed by atoms with van der Waals surface area (Å²) in [5.41, 5.74) is 7.63. The molecule has 0 saturated carbocycles. The highest BCUT2D eigenvalue weighted by Gasteiger charge is 2.32. The van der Waals surface area contributed by atoms with E-state index in [4.69, 9.17) is 5.73 Å². The van der Waals surface area contributed by atoms with Crippen LogP contribution in [0.15, 0.2) is 24.5 Å². The topological polar surface area (TPSA) is 72.1 Å². The zero-order chi connectivity index (χ0) is 19.6. The van der Waals surface area contributed by atoms with Crippen LogP contribution in [0.2, 0.25) is 0 Å². The van der Waals surface area contributed by atoms with Crippen molar-refractivity contribution in [2.75, 3.05) is 6.54 Å². The first kappa shape index (κ1) is 19.3. The van der Waals surface area contributed by atoms with E-state index in [-0.39, 0.29) is 30.4 Å². The number of amides is 1. The molecular formula is C19H21F3N4O. The molecule has 2 unspecified atom stereocenters. The molecule has 0 spiro atoms. The molecule has 1 aromatic carbocycles. The molecule has 2 N–H and O–H groups in total. The van der Waals surface area contributed by atoms with E-state index >= 15 is 0 Å². The smallest absolute Gasteiger partial charge is 0.224 e. The molecule has 5 nitrogen and oxygen atoms in total. The van der Waals surface area contributed by atoms with E-state index in [1.807, 2.05) is 6.92 Å². The van der Waals surface area contributed by atoms with E-state index in [9.17, 15) is 18.0 Å². The minimum atomic E-state index is -1.25. The van der Waals surface area contributed by atoms with E-state index < -0.39 is 23.5 Å². The molecule has 2 atom stereocenters. The Morgan fingerprint density at radius 1 is 1.22 bits per heavy atom. The number of fused-ring (bicyclic) bond motifs is 1. The van der Waals surface area contributed by atoms with E-state index in [0.717, 1.165) is 17.5 Å². The van der Waals surface area contributed by atoms with Gasteiger partial charge in [0.15, 0.2) is 11.6 Å². The second-order valence-corrected chi connectivity index (χ2v) is 6.68. The lowest BCUT2D eigenvalue weighted by atomic mass is 9.97. The Balaban J connectivity index is 1.69. The van der Waals surface area contributed by atoms with Gasteiger partial charge in [0.25, 0.3) is 0 Å². The summed E-state index contributed by atoms with van der Waals surface area (Å²) in [6.45, 7) is 2.47. The SMILES string of the molecule is CCC1c2nccnc2CCN1C(=O)CC(N)Cc1cc(F)c(F)cc1F. The Kier molecular flexibility index (Phi) is 5.74. The van der Waals surface area contributed by atoms with Crippen molar-refractivity contribution < 1.29 is 18.0 Å². The number of nitrogens with zero attached hydrogens (tertiary/aromatic N) is 3. The lowest BCUT2D eigenvalue weighted by Crippen LogP contribution is -2.43. The summed E-state index contributed by atoms with van der Waals surface area (Å²) in [5.74, 6) is -3.43. The molecule has 27 heavy (non-hydrogen) atoms. The predicted octanol–water partition coefficient (Wildman–Crippen LogP) is 2.69. The monoisotopic (exact) mass is 378 g/mol. The van der Waals surface area contributed by atoms with Gasteiger partial charge in [-0.25, -0.2) is 13.2 Å². The number of benzene rings is 1. The Bertz CT molecular complexity index is 846. The standard InChI is InChI=1S/C19H21F3N4O/c1-2-17-19-16(24-4-5-25-19)3-6-26(17)18(27)9-12(23)7-11-8-14(21)15(22)10-13(11)20/h4-5,8,10,12,17H,2-3,6-7,9,23H2,1H3. The minimum absolute atomic E-state index is 0.0233. The number of nitrogens with two attached hydrogens (primary N) is 1. The van der Waals surface area contributed by atoms with Gasteiger partial charge < -0.3 is 10.6 Å². The average molecular weight is 378 g/mol. The molecule has 8 heteroatoms. The average Bonchev–Trinajstić information content (AvgIpc) is 2.64. The number of halogens is 3. The van der Waals surface area contributed by atoms with Gasteiger partial charge >= 0.3 is 0 Å². The summed E-state index contributed by atoms with van der Waals surface area (Å²) >= 11 is 0. The minimum Gasteiger partial charge on any atom is -0.334 e. The summed E-state index contributed by atoms with van der Waals surface area (Å²) in [6.07, 6.45) is 4.45. The number of hydrogen-bond donors (Lipinski definition) is 1. The van der Waals surface area contributed by atoms with E-state index in [1.54, 1.807) is 17.3 Å². The molecule has 0 saturated heterocycles. The van der Waals surface area contributed by atoms with Crippen molar-refractivity contribution >= 4 is 5.91 Å². The molecule has 0 aliphatic carbocycles. The number of hydrogen-bond acceptors (Lipinski definition) is 4. The second kappa shape index (κ2) is 8.04. The molecule has 1 aromatic heterocycles. The van der Waals surface area contributed by atoms with Crippen LogP contribution in [0.5, 0.6) is 0 Å². The first-order chi connectivity index (χ1) is 12.9. The highest BCUT2D eigenvalue weighted by Crippen LogP contribution is 2.30. The summed E-state index contributed by atoms with van der Waals surface area (Å²) in [6, 6.07) is 0.392. The predicted molar refractivity (Wildman–Crippen MR) is 93.1 cm³/mol. The number of carbonyl (C=O) groups is 1. The third-order valence-electron chi connectivity index (χ3n) is 4.80. The van der Waals surface area contributed by atoms with Gasteiger partial charge in [0.1, 0.15) is 5.82 Å². The third kappa shape index (κ3) is 4.10. The highest BCUT2D eigenvalue weighted by atomic mass is 19.2. The van der Waals surface area contributed by atoms with Crippen LogP contribution in [-0.4, -0.2) is 33.4 Å². The lowest BCUT2D eigenvalue weighted by molar-refractivity contribution is -0.134. The fraction of sp³-hybridized carbons (Fsp3) is 0.421. The fourth-order valence-corrected chi connectivity index (χ4v) is 3.51. The maximum atomic E-state index is 13.8. The van der Waals surface area contributed by atoms with Crippen molar-refractivity contribution in [3.05, 3.63) is 58.9 Å². The number of aromatic nitrogens is 2. The van der Waals surface area contributed by atoms with Crippen molar-refractivity contribution in [3.63, 3.8) is 0 Å². The van der Waals surface area contributed by atoms with Gasteiger partial charge in [0.2, 0.25) is 5.91 Å². The van der Waals surface area contributed by atoms with Crippen LogP contribution in [-0.2, 0) is 17.6 Å². The van der Waals surface area contributed by atoms with Gasteiger partial charge in [0, 0.05) is 43.9 Å². The van der Waals surface area contributed by atoms with Crippen LogP contribution in [0, 0.1) is 17.5 Å². The highest BCUT2D eigenvalue weighted by molar-refractivity contribution is 5.77. The molecule has 0 bridgehead atoms. The van der Waals surface area contributed by atoms with Gasteiger partial charge in [-0.15, -0.1) is 0 Å². The lowest BCUT2D eigenvalue weighted by Gasteiger charge is -2.36. The first-order valence-corrected chi connectivity index (χ1v) is 8.89. The molecule has 3 rings (SSSR count).